The van der Waals surface area contributed by atoms with Crippen LogP contribution in [0.3, 0.4) is 0 Å². The SMILES string of the molecule is [2H]P([B][3H])SOc1ccc2c(c1)CCC1C2/C(=C/CCl)CC2(C)C1CCC21OCCO1. The van der Waals surface area contributed by atoms with E-state index in [2.05, 4.69) is 25.1 Å². The lowest BCUT2D eigenvalue weighted by molar-refractivity contribution is -0.232. The van der Waals surface area contributed by atoms with Crippen molar-refractivity contribution >= 4 is 38.4 Å². The van der Waals surface area contributed by atoms with Crippen LogP contribution in [0.4, 0.5) is 0 Å². The van der Waals surface area contributed by atoms with Crippen molar-refractivity contribution in [1.82, 2.24) is 0 Å². The van der Waals surface area contributed by atoms with Crippen LogP contribution in [-0.4, -0.2) is 35.0 Å². The zero-order chi connectivity index (χ0) is 21.6. The Morgan fingerprint density at radius 1 is 1.48 bits per heavy atom. The Bertz CT molecular complexity index is 871. The molecule has 0 N–H and O–H groups in total. The number of aryl methyl sites for hydroxylation is 1. The number of allylic oxidation sites excluding steroid dienone is 2. The molecule has 0 amide bonds. The molecule has 1 saturated heterocycles. The van der Waals surface area contributed by atoms with Crippen LogP contribution in [0.5, 0.6) is 5.75 Å². The lowest BCUT2D eigenvalue weighted by atomic mass is 9.53. The van der Waals surface area contributed by atoms with Crippen LogP contribution in [-0.2, 0) is 15.9 Å². The molecule has 0 bridgehead atoms. The molecular weight excluding hydrogens is 422 g/mol. The Morgan fingerprint density at radius 3 is 3.14 bits per heavy atom. The summed E-state index contributed by atoms with van der Waals surface area (Å²) < 4.78 is 33.2. The van der Waals surface area contributed by atoms with Crippen molar-refractivity contribution in [3.05, 3.63) is 41.0 Å². The molecule has 4 aliphatic rings. The molecule has 1 aliphatic heterocycles. The fourth-order valence-electron chi connectivity index (χ4n) is 6.79. The van der Waals surface area contributed by atoms with E-state index < -0.39 is 13.4 Å². The third-order valence-electron chi connectivity index (χ3n) is 7.85. The monoisotopic (exact) mass is 452 g/mol. The van der Waals surface area contributed by atoms with Gasteiger partial charge in [0.05, 0.1) is 26.2 Å². The van der Waals surface area contributed by atoms with Gasteiger partial charge in [-0.15, -0.1) is 11.6 Å². The largest absolute Gasteiger partial charge is 0.423 e. The van der Waals surface area contributed by atoms with Crippen LogP contribution in [0, 0.1) is 17.3 Å². The van der Waals surface area contributed by atoms with Crippen LogP contribution in [0.2, 0.25) is 0 Å². The molecule has 7 heteroatoms. The summed E-state index contributed by atoms with van der Waals surface area (Å²) in [4.78, 5) is 0. The van der Waals surface area contributed by atoms with Crippen molar-refractivity contribution in [2.75, 3.05) is 19.1 Å². The van der Waals surface area contributed by atoms with Gasteiger partial charge in [0.25, 0.3) is 0 Å². The molecule has 155 valence electrons. The molecular formula is C22H28BClO3PS. The van der Waals surface area contributed by atoms with Gasteiger partial charge >= 0.3 is 0 Å². The van der Waals surface area contributed by atoms with E-state index in [0.29, 0.717) is 36.8 Å². The molecule has 0 aromatic heterocycles. The number of hydrogen-bond donors (Lipinski definition) is 0. The van der Waals surface area contributed by atoms with Gasteiger partial charge in [0, 0.05) is 23.6 Å². The number of fused-ring (bicyclic) bond motifs is 6. The number of rotatable bonds is 5. The van der Waals surface area contributed by atoms with Crippen LogP contribution in [0.25, 0.3) is 0 Å². The summed E-state index contributed by atoms with van der Waals surface area (Å²) in [5, 5.41) is 0. The highest BCUT2D eigenvalue weighted by atomic mass is 35.5. The molecule has 5 atom stereocenters. The first-order valence-corrected chi connectivity index (χ1v) is 13.4. The van der Waals surface area contributed by atoms with Crippen molar-refractivity contribution in [3.8, 4) is 5.75 Å². The van der Waals surface area contributed by atoms with Gasteiger partial charge in [0.2, 0.25) is 0 Å². The van der Waals surface area contributed by atoms with Crippen LogP contribution in [0.1, 0.15) is 49.7 Å². The van der Waals surface area contributed by atoms with Gasteiger partial charge in [-0.1, -0.05) is 32.2 Å². The number of ether oxygens (including phenoxy) is 2. The maximum atomic E-state index is 7.73. The molecule has 3 nitrogen and oxygen atoms in total. The summed E-state index contributed by atoms with van der Waals surface area (Å²) in [6.45, 7) is 3.79. The Morgan fingerprint density at radius 2 is 2.34 bits per heavy atom. The van der Waals surface area contributed by atoms with E-state index in [1.165, 1.54) is 16.7 Å². The number of alkyl halides is 1. The van der Waals surface area contributed by atoms with E-state index in [0.717, 1.165) is 57.0 Å². The highest BCUT2D eigenvalue weighted by Crippen LogP contribution is 2.67. The normalized spacial score (nSPS) is 38.0. The summed E-state index contributed by atoms with van der Waals surface area (Å²) in [7, 11) is -0.183. The molecule has 3 aliphatic carbocycles. The highest BCUT2D eigenvalue weighted by molar-refractivity contribution is 8.53. The zero-order valence-corrected chi connectivity index (χ0v) is 19.2. The molecule has 1 spiro atoms. The first-order chi connectivity index (χ1) is 15.0. The molecule has 1 aromatic carbocycles. The molecule has 3 fully saturated rings. The molecule has 29 heavy (non-hydrogen) atoms. The van der Waals surface area contributed by atoms with E-state index >= 15 is 0 Å². The van der Waals surface area contributed by atoms with Gasteiger partial charge in [-0.25, -0.2) is 0 Å². The van der Waals surface area contributed by atoms with E-state index in [9.17, 15) is 0 Å². The second-order valence-corrected chi connectivity index (χ2v) is 10.8. The van der Waals surface area contributed by atoms with E-state index in [1.54, 1.807) is 0 Å². The standard InChI is InChI=1S/C22H28BClO3PS/c1-21-13-15(7-9-24)20-17-5-3-16(27-29-28-23)12-14(17)2-4-18(20)19(21)6-8-22(21)25-10-11-26-22/h3,5,7,12,18-20,23,28H,2,4,6,8-11,13H2,1H3/b15-7+/i23T,28D. The Labute approximate surface area is 188 Å². The minimum absolute atomic E-state index is 0.00217. The first kappa shape index (κ1) is 18.4. The van der Waals surface area contributed by atoms with Gasteiger partial charge in [0.1, 0.15) is 13.3 Å². The van der Waals surface area contributed by atoms with Crippen molar-refractivity contribution in [3.63, 3.8) is 0 Å². The van der Waals surface area contributed by atoms with Gasteiger partial charge in [0.15, 0.2) is 5.79 Å². The van der Waals surface area contributed by atoms with Crippen LogP contribution < -0.4 is 4.18 Å². The fraction of sp³-hybridized carbons (Fsp3) is 0.636. The van der Waals surface area contributed by atoms with Gasteiger partial charge < -0.3 is 13.7 Å². The van der Waals surface area contributed by atoms with Crippen molar-refractivity contribution in [2.24, 2.45) is 17.3 Å². The number of halogens is 1. The van der Waals surface area contributed by atoms with E-state index in [-0.39, 0.29) is 5.41 Å². The predicted octanol–water partition coefficient (Wildman–Crippen LogP) is 5.50. The average Bonchev–Trinajstić information content (AvgIpc) is 3.37. The third-order valence-corrected chi connectivity index (χ3v) is 8.84. The maximum Gasteiger partial charge on any atom is 0.174 e. The predicted molar refractivity (Wildman–Crippen MR) is 124 cm³/mol. The second-order valence-electron chi connectivity index (χ2n) is 8.93. The smallest absolute Gasteiger partial charge is 0.174 e. The first-order valence-electron chi connectivity index (χ1n) is 11.5. The van der Waals surface area contributed by atoms with Crippen molar-refractivity contribution < 1.29 is 13.7 Å². The third kappa shape index (κ3) is 3.22. The molecule has 2 saturated carbocycles. The van der Waals surface area contributed by atoms with Gasteiger partial charge in [-0.05, 0) is 62.1 Å². The molecule has 1 aromatic rings. The Hall–Kier alpha value is -0.185. The molecule has 1 heterocycles. The minimum Gasteiger partial charge on any atom is -0.423 e. The summed E-state index contributed by atoms with van der Waals surface area (Å²) in [6, 6.07) is 6.38. The molecule has 1 radical (unpaired) electrons. The Kier molecular flexibility index (Phi) is 5.11. The zero-order valence-electron chi connectivity index (χ0n) is 18.7. The highest BCUT2D eigenvalue weighted by Gasteiger charge is 2.65. The van der Waals surface area contributed by atoms with E-state index in [1.807, 2.05) is 6.07 Å². The number of hydrogen-bond acceptors (Lipinski definition) is 4. The Balaban J connectivity index is 1.47. The summed E-state index contributed by atoms with van der Waals surface area (Å²) in [5.74, 6) is 2.44. The maximum absolute atomic E-state index is 7.73. The minimum atomic E-state index is -1.32. The van der Waals surface area contributed by atoms with E-state index in [4.69, 9.17) is 27.9 Å². The van der Waals surface area contributed by atoms with Crippen molar-refractivity contribution in [2.45, 2.75) is 50.7 Å². The second kappa shape index (κ2) is 8.06. The van der Waals surface area contributed by atoms with Gasteiger partial charge in [-0.3, -0.25) is 0 Å². The summed E-state index contributed by atoms with van der Waals surface area (Å²) >= 11 is 7.31. The van der Waals surface area contributed by atoms with Crippen LogP contribution >= 0.6 is 30.9 Å². The number of benzene rings is 1. The van der Waals surface area contributed by atoms with Crippen LogP contribution in [0.15, 0.2) is 29.8 Å². The quantitative estimate of drug-likeness (QED) is 0.194. The summed E-state index contributed by atoms with van der Waals surface area (Å²) in [6.07, 6.45) is 7.54. The van der Waals surface area contributed by atoms with Crippen molar-refractivity contribution in [1.29, 1.82) is 2.61 Å². The molecule has 5 unspecified atom stereocenters. The topological polar surface area (TPSA) is 27.7 Å². The lowest BCUT2D eigenvalue weighted by Crippen LogP contribution is -2.52. The lowest BCUT2D eigenvalue weighted by Gasteiger charge is -2.54. The summed E-state index contributed by atoms with van der Waals surface area (Å²) in [5.41, 5.74) is 4.18. The average molecular weight is 453 g/mol. The van der Waals surface area contributed by atoms with Gasteiger partial charge in [-0.2, -0.15) is 0 Å². The fourth-order valence-corrected chi connectivity index (χ4v) is 7.61. The molecule has 5 rings (SSSR count).